The van der Waals surface area contributed by atoms with Crippen molar-refractivity contribution < 1.29 is 0 Å². The predicted molar refractivity (Wildman–Crippen MR) is 149 cm³/mol. The first-order chi connectivity index (χ1) is 16.6. The molecular weight excluding hydrogens is 429 g/mol. The van der Waals surface area contributed by atoms with Crippen LogP contribution in [0, 0.1) is 0 Å². The van der Waals surface area contributed by atoms with E-state index in [1.807, 2.05) is 0 Å². The largest absolute Gasteiger partial charge is 0.363 e. The lowest BCUT2D eigenvalue weighted by molar-refractivity contribution is 0.766. The minimum Gasteiger partial charge on any atom is -0.363 e. The topological polar surface area (TPSA) is 3.24 Å². The van der Waals surface area contributed by atoms with Crippen LogP contribution in [0.2, 0.25) is 0 Å². The third-order valence-electron chi connectivity index (χ3n) is 7.15. The molecule has 0 saturated heterocycles. The lowest BCUT2D eigenvalue weighted by atomic mass is 9.78. The molecule has 0 fully saturated rings. The molecule has 2 aliphatic rings. The van der Waals surface area contributed by atoms with Gasteiger partial charge in [0.05, 0.1) is 6.04 Å². The maximum atomic E-state index is 2.43. The highest BCUT2D eigenvalue weighted by Crippen LogP contribution is 2.49. The van der Waals surface area contributed by atoms with Crippen LogP contribution in [0.15, 0.2) is 109 Å². The second-order valence-corrected chi connectivity index (χ2v) is 11.6. The normalized spacial score (nSPS) is 16.4. The first-order valence-electron chi connectivity index (χ1n) is 11.8. The molecule has 2 heteroatoms. The second kappa shape index (κ2) is 8.42. The van der Waals surface area contributed by atoms with E-state index in [9.17, 15) is 0 Å². The molecule has 1 heterocycles. The lowest BCUT2D eigenvalue weighted by Gasteiger charge is -2.41. The van der Waals surface area contributed by atoms with Crippen LogP contribution in [-0.4, -0.2) is 20.4 Å². The fraction of sp³-hybridized carbons (Fsp3) is 0.125. The fourth-order valence-electron chi connectivity index (χ4n) is 5.38. The number of fused-ring (bicyclic) bond motifs is 4. The molecule has 0 saturated carbocycles. The molecule has 0 N–H and O–H groups in total. The monoisotopic (exact) mass is 457 g/mol. The van der Waals surface area contributed by atoms with Gasteiger partial charge >= 0.3 is 0 Å². The number of likely N-dealkylation sites (N-methyl/N-ethyl adjacent to an activating group) is 1. The Kier molecular flexibility index (Phi) is 5.24. The Bertz CT molecular complexity index is 1420. The van der Waals surface area contributed by atoms with Crippen LogP contribution in [0.5, 0.6) is 0 Å². The highest BCUT2D eigenvalue weighted by molar-refractivity contribution is 7.64. The number of anilines is 1. The predicted octanol–water partition coefficient (Wildman–Crippen LogP) is 7.74. The van der Waals surface area contributed by atoms with Gasteiger partial charge < -0.3 is 4.90 Å². The van der Waals surface area contributed by atoms with Gasteiger partial charge in [0, 0.05) is 18.3 Å². The van der Waals surface area contributed by atoms with Gasteiger partial charge in [-0.25, -0.2) is 0 Å². The summed E-state index contributed by atoms with van der Waals surface area (Å²) in [6, 6.07) is 36.0. The SMILES string of the molecule is CN1c2ccccc2C(c2ccc(-c3ccc(P(C)C)cc3)cc2)=C2C=Cc3ccccc3C21. The summed E-state index contributed by atoms with van der Waals surface area (Å²) in [5, 5.41) is 1.45. The molecule has 6 rings (SSSR count). The fourth-order valence-corrected chi connectivity index (χ4v) is 6.12. The molecule has 0 amide bonds. The standard InChI is InChI=1S/C32H28NP/c1-33-30-11-7-6-10-28(30)31(29-21-18-24-8-4-5-9-27(24)32(29)33)25-14-12-22(13-15-25)23-16-19-26(20-17-23)34(2)3/h4-21,32H,1-3H3. The average Bonchev–Trinajstić information content (AvgIpc) is 2.89. The molecule has 4 aromatic rings. The van der Waals surface area contributed by atoms with Gasteiger partial charge in [0.15, 0.2) is 0 Å². The van der Waals surface area contributed by atoms with E-state index in [2.05, 4.69) is 134 Å². The van der Waals surface area contributed by atoms with Crippen molar-refractivity contribution in [3.8, 4) is 11.1 Å². The molecule has 1 unspecified atom stereocenters. The van der Waals surface area contributed by atoms with Crippen LogP contribution < -0.4 is 10.2 Å². The van der Waals surface area contributed by atoms with Crippen molar-refractivity contribution in [2.75, 3.05) is 25.3 Å². The minimum absolute atomic E-state index is 0.0617. The molecule has 34 heavy (non-hydrogen) atoms. The van der Waals surface area contributed by atoms with Crippen LogP contribution in [0.25, 0.3) is 22.8 Å². The second-order valence-electron chi connectivity index (χ2n) is 9.34. The van der Waals surface area contributed by atoms with Gasteiger partial charge in [-0.1, -0.05) is 111 Å². The Morgan fingerprint density at radius 2 is 1.26 bits per heavy atom. The molecule has 1 aliphatic carbocycles. The van der Waals surface area contributed by atoms with Crippen molar-refractivity contribution >= 4 is 30.6 Å². The third-order valence-corrected chi connectivity index (χ3v) is 8.48. The lowest BCUT2D eigenvalue weighted by Crippen LogP contribution is -2.31. The minimum atomic E-state index is -0.0617. The van der Waals surface area contributed by atoms with E-state index in [1.165, 1.54) is 55.5 Å². The Labute approximate surface area is 203 Å². The van der Waals surface area contributed by atoms with Gasteiger partial charge in [-0.3, -0.25) is 0 Å². The van der Waals surface area contributed by atoms with Gasteiger partial charge in [0.1, 0.15) is 0 Å². The van der Waals surface area contributed by atoms with Crippen LogP contribution in [0.3, 0.4) is 0 Å². The van der Waals surface area contributed by atoms with E-state index in [4.69, 9.17) is 0 Å². The highest BCUT2D eigenvalue weighted by atomic mass is 31.1. The van der Waals surface area contributed by atoms with Crippen molar-refractivity contribution in [2.45, 2.75) is 6.04 Å². The average molecular weight is 458 g/mol. The smallest absolute Gasteiger partial charge is 0.0804 e. The van der Waals surface area contributed by atoms with E-state index in [0.717, 1.165) is 0 Å². The van der Waals surface area contributed by atoms with Gasteiger partial charge in [-0.15, -0.1) is 0 Å². The molecule has 0 radical (unpaired) electrons. The maximum absolute atomic E-state index is 2.43. The Morgan fingerprint density at radius 1 is 0.647 bits per heavy atom. The summed E-state index contributed by atoms with van der Waals surface area (Å²) in [5.41, 5.74) is 11.8. The Hall–Kier alpha value is -3.41. The van der Waals surface area contributed by atoms with Gasteiger partial charge in [-0.05, 0) is 63.7 Å². The van der Waals surface area contributed by atoms with Crippen LogP contribution in [-0.2, 0) is 0 Å². The van der Waals surface area contributed by atoms with E-state index in [-0.39, 0.29) is 14.0 Å². The Morgan fingerprint density at radius 3 is 2.00 bits per heavy atom. The summed E-state index contributed by atoms with van der Waals surface area (Å²) in [4.78, 5) is 2.43. The molecule has 0 spiro atoms. The zero-order valence-electron chi connectivity index (χ0n) is 19.9. The zero-order chi connectivity index (χ0) is 23.2. The Balaban J connectivity index is 1.48. The zero-order valence-corrected chi connectivity index (χ0v) is 20.8. The highest BCUT2D eigenvalue weighted by Gasteiger charge is 2.33. The molecule has 166 valence electrons. The van der Waals surface area contributed by atoms with Gasteiger partial charge in [0.25, 0.3) is 0 Å². The van der Waals surface area contributed by atoms with Crippen molar-refractivity contribution in [3.63, 3.8) is 0 Å². The number of rotatable bonds is 3. The summed E-state index contributed by atoms with van der Waals surface area (Å²) < 4.78 is 0. The molecular formula is C32H28NP. The van der Waals surface area contributed by atoms with Crippen LogP contribution in [0.1, 0.15) is 28.3 Å². The van der Waals surface area contributed by atoms with E-state index in [1.54, 1.807) is 0 Å². The molecule has 1 nitrogen and oxygen atoms in total. The molecule has 1 aliphatic heterocycles. The van der Waals surface area contributed by atoms with Gasteiger partial charge in [-0.2, -0.15) is 0 Å². The molecule has 0 bridgehead atoms. The molecule has 1 atom stereocenters. The number of nitrogens with zero attached hydrogens (tertiary/aromatic N) is 1. The first-order valence-corrected chi connectivity index (χ1v) is 14.1. The number of benzene rings is 4. The number of hydrogen-bond acceptors (Lipinski definition) is 1. The van der Waals surface area contributed by atoms with Gasteiger partial charge in [0.2, 0.25) is 0 Å². The molecule has 0 aromatic heterocycles. The van der Waals surface area contributed by atoms with E-state index in [0.29, 0.717) is 0 Å². The third kappa shape index (κ3) is 3.44. The van der Waals surface area contributed by atoms with Crippen molar-refractivity contribution in [3.05, 3.63) is 131 Å². The summed E-state index contributed by atoms with van der Waals surface area (Å²) in [5.74, 6) is 0. The van der Waals surface area contributed by atoms with Crippen molar-refractivity contribution in [2.24, 2.45) is 0 Å². The maximum Gasteiger partial charge on any atom is 0.0804 e. The van der Waals surface area contributed by atoms with Crippen LogP contribution >= 0.6 is 7.92 Å². The van der Waals surface area contributed by atoms with E-state index < -0.39 is 0 Å². The number of hydrogen-bond donors (Lipinski definition) is 0. The van der Waals surface area contributed by atoms with Crippen molar-refractivity contribution in [1.82, 2.24) is 0 Å². The van der Waals surface area contributed by atoms with E-state index >= 15 is 0 Å². The summed E-state index contributed by atoms with van der Waals surface area (Å²) in [6.45, 7) is 4.61. The quantitative estimate of drug-likeness (QED) is 0.284. The summed E-state index contributed by atoms with van der Waals surface area (Å²) in [7, 11) is 2.16. The summed E-state index contributed by atoms with van der Waals surface area (Å²) >= 11 is 0. The summed E-state index contributed by atoms with van der Waals surface area (Å²) in [6.07, 6.45) is 4.60. The first kappa shape index (κ1) is 21.1. The van der Waals surface area contributed by atoms with Crippen LogP contribution in [0.4, 0.5) is 5.69 Å². The van der Waals surface area contributed by atoms with Crippen molar-refractivity contribution in [1.29, 1.82) is 0 Å². The number of para-hydroxylation sites is 1. The molecule has 4 aromatic carbocycles.